The molecule has 0 amide bonds. The molecule has 2 fully saturated rings. The Bertz CT molecular complexity index is 271. The van der Waals surface area contributed by atoms with E-state index in [1.807, 2.05) is 0 Å². The van der Waals surface area contributed by atoms with Crippen molar-refractivity contribution in [2.24, 2.45) is 0 Å². The van der Waals surface area contributed by atoms with Gasteiger partial charge in [-0.15, -0.1) is 0 Å². The van der Waals surface area contributed by atoms with E-state index in [0.29, 0.717) is 0 Å². The van der Waals surface area contributed by atoms with Crippen LogP contribution in [-0.4, -0.2) is 37.8 Å². The first-order valence-corrected chi connectivity index (χ1v) is 7.49. The Morgan fingerprint density at radius 2 is 1.79 bits per heavy atom. The van der Waals surface area contributed by atoms with Crippen molar-refractivity contribution in [3.05, 3.63) is 0 Å². The van der Waals surface area contributed by atoms with Crippen molar-refractivity contribution in [2.45, 2.75) is 77.2 Å². The van der Waals surface area contributed by atoms with Gasteiger partial charge in [-0.1, -0.05) is 0 Å². The maximum Gasteiger partial charge on any atom is 0.457 e. The standard InChI is InChI=1S/C14H27BO4/c1-13(2)14(3,4)19-15(18-13)9-7-11-17-12-8-5-6-10-16-12/h12H,5-11H2,1-4H3. The highest BCUT2D eigenvalue weighted by atomic mass is 16.7. The lowest BCUT2D eigenvalue weighted by molar-refractivity contribution is -0.162. The molecule has 2 aliphatic rings. The minimum absolute atomic E-state index is 0.00652. The van der Waals surface area contributed by atoms with Gasteiger partial charge in [0.1, 0.15) is 0 Å². The fourth-order valence-corrected chi connectivity index (χ4v) is 2.39. The third-order valence-electron chi connectivity index (χ3n) is 4.33. The summed E-state index contributed by atoms with van der Waals surface area (Å²) >= 11 is 0. The van der Waals surface area contributed by atoms with Crippen LogP contribution in [0.3, 0.4) is 0 Å². The highest BCUT2D eigenvalue weighted by molar-refractivity contribution is 6.45. The molecule has 1 atom stereocenters. The van der Waals surface area contributed by atoms with Crippen LogP contribution < -0.4 is 0 Å². The molecule has 2 saturated heterocycles. The zero-order chi connectivity index (χ0) is 13.9. The van der Waals surface area contributed by atoms with Gasteiger partial charge in [0.15, 0.2) is 6.29 Å². The number of rotatable bonds is 5. The Morgan fingerprint density at radius 3 is 2.37 bits per heavy atom. The molecule has 0 spiro atoms. The minimum Gasteiger partial charge on any atom is -0.403 e. The van der Waals surface area contributed by atoms with E-state index in [9.17, 15) is 0 Å². The van der Waals surface area contributed by atoms with Gasteiger partial charge in [-0.05, 0) is 59.7 Å². The van der Waals surface area contributed by atoms with E-state index in [-0.39, 0.29) is 24.6 Å². The molecule has 2 heterocycles. The molecule has 1 unspecified atom stereocenters. The van der Waals surface area contributed by atoms with Crippen molar-refractivity contribution >= 4 is 7.12 Å². The first kappa shape index (κ1) is 15.3. The summed E-state index contributed by atoms with van der Waals surface area (Å²) in [5, 5.41) is 0. The number of ether oxygens (including phenoxy) is 2. The molecule has 0 radical (unpaired) electrons. The molecule has 0 saturated carbocycles. The summed E-state index contributed by atoms with van der Waals surface area (Å²) in [4.78, 5) is 0. The average molecular weight is 270 g/mol. The largest absolute Gasteiger partial charge is 0.457 e. The summed E-state index contributed by atoms with van der Waals surface area (Å²) in [5.41, 5.74) is -0.462. The van der Waals surface area contributed by atoms with Crippen LogP contribution in [0.4, 0.5) is 0 Å². The lowest BCUT2D eigenvalue weighted by Gasteiger charge is -2.32. The van der Waals surface area contributed by atoms with Gasteiger partial charge in [-0.3, -0.25) is 0 Å². The molecule has 0 aromatic rings. The van der Waals surface area contributed by atoms with Crippen LogP contribution in [0.15, 0.2) is 0 Å². The maximum atomic E-state index is 5.95. The molecular formula is C14H27BO4. The summed E-state index contributed by atoms with van der Waals surface area (Å²) in [6.07, 6.45) is 5.22. The molecular weight excluding hydrogens is 243 g/mol. The molecule has 19 heavy (non-hydrogen) atoms. The zero-order valence-corrected chi connectivity index (χ0v) is 12.7. The Kier molecular flexibility index (Phi) is 4.93. The normalized spacial score (nSPS) is 29.7. The fraction of sp³-hybridized carbons (Fsp3) is 1.00. The fourth-order valence-electron chi connectivity index (χ4n) is 2.39. The Labute approximate surface area is 117 Å². The van der Waals surface area contributed by atoms with Crippen LogP contribution in [0, 0.1) is 0 Å². The van der Waals surface area contributed by atoms with Crippen molar-refractivity contribution in [3.63, 3.8) is 0 Å². The lowest BCUT2D eigenvalue weighted by atomic mass is 9.83. The van der Waals surface area contributed by atoms with E-state index >= 15 is 0 Å². The minimum atomic E-state index is -0.231. The molecule has 5 heteroatoms. The molecule has 0 N–H and O–H groups in total. The Morgan fingerprint density at radius 1 is 1.11 bits per heavy atom. The first-order chi connectivity index (χ1) is 8.91. The van der Waals surface area contributed by atoms with E-state index in [2.05, 4.69) is 27.7 Å². The number of hydrogen-bond acceptors (Lipinski definition) is 4. The molecule has 2 rings (SSSR count). The highest BCUT2D eigenvalue weighted by Gasteiger charge is 2.50. The first-order valence-electron chi connectivity index (χ1n) is 7.49. The van der Waals surface area contributed by atoms with E-state index in [1.54, 1.807) is 0 Å². The number of hydrogen-bond donors (Lipinski definition) is 0. The zero-order valence-electron chi connectivity index (χ0n) is 12.7. The quantitative estimate of drug-likeness (QED) is 0.568. The van der Waals surface area contributed by atoms with Gasteiger partial charge in [0.05, 0.1) is 11.2 Å². The maximum absolute atomic E-state index is 5.95. The molecule has 0 bridgehead atoms. The van der Waals surface area contributed by atoms with Crippen molar-refractivity contribution in [3.8, 4) is 0 Å². The summed E-state index contributed by atoms with van der Waals surface area (Å²) in [5.74, 6) is 0. The molecule has 4 nitrogen and oxygen atoms in total. The molecule has 110 valence electrons. The molecule has 0 aromatic heterocycles. The van der Waals surface area contributed by atoms with Crippen LogP contribution in [0.25, 0.3) is 0 Å². The van der Waals surface area contributed by atoms with Crippen LogP contribution in [-0.2, 0) is 18.8 Å². The molecule has 2 aliphatic heterocycles. The third kappa shape index (κ3) is 3.94. The monoisotopic (exact) mass is 270 g/mol. The van der Waals surface area contributed by atoms with E-state index < -0.39 is 0 Å². The highest BCUT2D eigenvalue weighted by Crippen LogP contribution is 2.37. The van der Waals surface area contributed by atoms with Gasteiger partial charge in [0.25, 0.3) is 0 Å². The summed E-state index contributed by atoms with van der Waals surface area (Å²) < 4.78 is 23.1. The van der Waals surface area contributed by atoms with E-state index in [4.69, 9.17) is 18.8 Å². The Hall–Kier alpha value is -0.0951. The van der Waals surface area contributed by atoms with Gasteiger partial charge in [-0.25, -0.2) is 0 Å². The van der Waals surface area contributed by atoms with Gasteiger partial charge in [0, 0.05) is 13.2 Å². The SMILES string of the molecule is CC1(C)OB(CCCOC2CCCCO2)OC1(C)C. The second kappa shape index (κ2) is 6.12. The average Bonchev–Trinajstić information content (AvgIpc) is 2.55. The van der Waals surface area contributed by atoms with Gasteiger partial charge < -0.3 is 18.8 Å². The van der Waals surface area contributed by atoms with E-state index in [0.717, 1.165) is 38.8 Å². The predicted molar refractivity (Wildman–Crippen MR) is 75.0 cm³/mol. The Balaban J connectivity index is 1.61. The summed E-state index contributed by atoms with van der Waals surface area (Å²) in [6.45, 7) is 9.88. The van der Waals surface area contributed by atoms with Gasteiger partial charge in [-0.2, -0.15) is 0 Å². The van der Waals surface area contributed by atoms with E-state index in [1.165, 1.54) is 6.42 Å². The van der Waals surface area contributed by atoms with Crippen molar-refractivity contribution in [1.82, 2.24) is 0 Å². The van der Waals surface area contributed by atoms with Gasteiger partial charge in [0.2, 0.25) is 0 Å². The van der Waals surface area contributed by atoms with Crippen LogP contribution in [0.1, 0.15) is 53.4 Å². The van der Waals surface area contributed by atoms with Crippen LogP contribution >= 0.6 is 0 Å². The predicted octanol–water partition coefficient (Wildman–Crippen LogP) is 3.01. The van der Waals surface area contributed by atoms with Crippen molar-refractivity contribution in [1.29, 1.82) is 0 Å². The van der Waals surface area contributed by atoms with Crippen molar-refractivity contribution < 1.29 is 18.8 Å². The second-order valence-electron chi connectivity index (χ2n) is 6.50. The van der Waals surface area contributed by atoms with Crippen LogP contribution in [0.5, 0.6) is 0 Å². The smallest absolute Gasteiger partial charge is 0.403 e. The van der Waals surface area contributed by atoms with Crippen LogP contribution in [0.2, 0.25) is 6.32 Å². The second-order valence-corrected chi connectivity index (χ2v) is 6.50. The topological polar surface area (TPSA) is 36.9 Å². The summed E-state index contributed by atoms with van der Waals surface area (Å²) in [6, 6.07) is 0. The van der Waals surface area contributed by atoms with Crippen molar-refractivity contribution in [2.75, 3.05) is 13.2 Å². The lowest BCUT2D eigenvalue weighted by Crippen LogP contribution is -2.41. The third-order valence-corrected chi connectivity index (χ3v) is 4.33. The molecule has 0 aromatic carbocycles. The van der Waals surface area contributed by atoms with Gasteiger partial charge >= 0.3 is 7.12 Å². The summed E-state index contributed by atoms with van der Waals surface area (Å²) in [7, 11) is -0.110. The molecule has 0 aliphatic carbocycles.